The van der Waals surface area contributed by atoms with Crippen LogP contribution in [0.15, 0.2) is 12.4 Å². The molecule has 0 saturated carbocycles. The van der Waals surface area contributed by atoms with Gasteiger partial charge in [-0.3, -0.25) is 4.79 Å². The molecule has 0 amide bonds. The van der Waals surface area contributed by atoms with Crippen LogP contribution in [0, 0.1) is 0 Å². The van der Waals surface area contributed by atoms with Crippen molar-refractivity contribution in [3.63, 3.8) is 0 Å². The maximum Gasteiger partial charge on any atom is 0.162 e. The summed E-state index contributed by atoms with van der Waals surface area (Å²) in [4.78, 5) is 18.4. The summed E-state index contributed by atoms with van der Waals surface area (Å²) in [6, 6.07) is 0. The standard InChI is InChI=1S/C7H7ClN2O/c1-5(11)6-3-9-7(2-8)10-4-6/h3-4H,2H2,1H3. The predicted octanol–water partition coefficient (Wildman–Crippen LogP) is 1.42. The molecule has 0 unspecified atom stereocenters. The van der Waals surface area contributed by atoms with Gasteiger partial charge in [-0.05, 0) is 6.92 Å². The minimum atomic E-state index is -0.0360. The first-order chi connectivity index (χ1) is 5.24. The summed E-state index contributed by atoms with van der Waals surface area (Å²) in [5, 5.41) is 0. The molecule has 1 heterocycles. The van der Waals surface area contributed by atoms with Crippen LogP contribution < -0.4 is 0 Å². The lowest BCUT2D eigenvalue weighted by Crippen LogP contribution is -1.97. The predicted molar refractivity (Wildman–Crippen MR) is 41.6 cm³/mol. The number of halogens is 1. The lowest BCUT2D eigenvalue weighted by molar-refractivity contribution is 0.101. The smallest absolute Gasteiger partial charge is 0.162 e. The summed E-state index contributed by atoms with van der Waals surface area (Å²) in [5.74, 6) is 0.779. The van der Waals surface area contributed by atoms with Gasteiger partial charge >= 0.3 is 0 Å². The van der Waals surface area contributed by atoms with Crippen molar-refractivity contribution in [3.05, 3.63) is 23.8 Å². The number of rotatable bonds is 2. The van der Waals surface area contributed by atoms with Gasteiger partial charge in [-0.1, -0.05) is 0 Å². The first kappa shape index (κ1) is 8.14. The third-order valence-electron chi connectivity index (χ3n) is 1.23. The molecule has 1 aromatic rings. The number of carbonyl (C=O) groups excluding carboxylic acids is 1. The SMILES string of the molecule is CC(=O)c1cnc(CCl)nc1. The normalized spacial score (nSPS) is 9.64. The Bertz CT molecular complexity index is 258. The molecule has 11 heavy (non-hydrogen) atoms. The topological polar surface area (TPSA) is 42.9 Å². The molecule has 0 aliphatic carbocycles. The molecule has 0 saturated heterocycles. The summed E-state index contributed by atoms with van der Waals surface area (Å²) in [6.45, 7) is 1.47. The minimum absolute atomic E-state index is 0.0360. The van der Waals surface area contributed by atoms with Crippen molar-refractivity contribution in [2.75, 3.05) is 0 Å². The molecule has 0 aliphatic heterocycles. The molecule has 4 heteroatoms. The molecule has 0 aromatic carbocycles. The molecule has 0 N–H and O–H groups in total. The van der Waals surface area contributed by atoms with Crippen molar-refractivity contribution in [2.24, 2.45) is 0 Å². The van der Waals surface area contributed by atoms with Crippen LogP contribution in [0.2, 0.25) is 0 Å². The summed E-state index contributed by atoms with van der Waals surface area (Å²) in [7, 11) is 0. The Labute approximate surface area is 69.4 Å². The fourth-order valence-electron chi connectivity index (χ4n) is 0.606. The largest absolute Gasteiger partial charge is 0.294 e. The van der Waals surface area contributed by atoms with Crippen molar-refractivity contribution in [1.29, 1.82) is 0 Å². The molecule has 0 fully saturated rings. The number of hydrogen-bond acceptors (Lipinski definition) is 3. The van der Waals surface area contributed by atoms with E-state index in [0.29, 0.717) is 11.4 Å². The Kier molecular flexibility index (Phi) is 2.54. The molecule has 58 valence electrons. The average molecular weight is 171 g/mol. The van der Waals surface area contributed by atoms with Crippen molar-refractivity contribution >= 4 is 17.4 Å². The van der Waals surface area contributed by atoms with E-state index in [0.717, 1.165) is 0 Å². The zero-order valence-corrected chi connectivity index (χ0v) is 6.80. The molecule has 1 aromatic heterocycles. The Morgan fingerprint density at radius 1 is 1.55 bits per heavy atom. The van der Waals surface area contributed by atoms with E-state index in [-0.39, 0.29) is 11.7 Å². The van der Waals surface area contributed by atoms with Crippen LogP contribution in [0.3, 0.4) is 0 Å². The highest BCUT2D eigenvalue weighted by Crippen LogP contribution is 1.98. The van der Waals surface area contributed by atoms with Crippen molar-refractivity contribution in [3.8, 4) is 0 Å². The van der Waals surface area contributed by atoms with Gasteiger partial charge in [0.1, 0.15) is 5.82 Å². The van der Waals surface area contributed by atoms with Crippen LogP contribution in [-0.4, -0.2) is 15.8 Å². The number of nitrogens with zero attached hydrogens (tertiary/aromatic N) is 2. The lowest BCUT2D eigenvalue weighted by Gasteiger charge is -1.94. The molecular formula is C7H7ClN2O. The monoisotopic (exact) mass is 170 g/mol. The first-order valence-corrected chi connectivity index (χ1v) is 3.65. The number of carbonyl (C=O) groups is 1. The highest BCUT2D eigenvalue weighted by atomic mass is 35.5. The third-order valence-corrected chi connectivity index (χ3v) is 1.47. The van der Waals surface area contributed by atoms with Crippen LogP contribution in [0.25, 0.3) is 0 Å². The lowest BCUT2D eigenvalue weighted by atomic mass is 10.2. The Hall–Kier alpha value is -0.960. The maximum absolute atomic E-state index is 10.7. The summed E-state index contributed by atoms with van der Waals surface area (Å²) >= 11 is 5.45. The molecule has 3 nitrogen and oxygen atoms in total. The van der Waals surface area contributed by atoms with Gasteiger partial charge in [0.05, 0.1) is 11.4 Å². The van der Waals surface area contributed by atoms with Gasteiger partial charge in [0.2, 0.25) is 0 Å². The zero-order chi connectivity index (χ0) is 8.27. The maximum atomic E-state index is 10.7. The van der Waals surface area contributed by atoms with Crippen LogP contribution in [0.5, 0.6) is 0 Å². The van der Waals surface area contributed by atoms with E-state index >= 15 is 0 Å². The highest BCUT2D eigenvalue weighted by molar-refractivity contribution is 6.16. The van der Waals surface area contributed by atoms with E-state index in [4.69, 9.17) is 11.6 Å². The molecule has 0 aliphatic rings. The van der Waals surface area contributed by atoms with E-state index in [2.05, 4.69) is 9.97 Å². The molecule has 0 radical (unpaired) electrons. The number of alkyl halides is 1. The van der Waals surface area contributed by atoms with Crippen molar-refractivity contribution in [2.45, 2.75) is 12.8 Å². The molecule has 0 bridgehead atoms. The van der Waals surface area contributed by atoms with Crippen molar-refractivity contribution < 1.29 is 4.79 Å². The molecule has 0 atom stereocenters. The van der Waals surface area contributed by atoms with Gasteiger partial charge in [-0.15, -0.1) is 11.6 Å². The fraction of sp³-hybridized carbons (Fsp3) is 0.286. The summed E-state index contributed by atoms with van der Waals surface area (Å²) < 4.78 is 0. The Balaban J connectivity index is 2.91. The van der Waals surface area contributed by atoms with Gasteiger partial charge in [-0.2, -0.15) is 0 Å². The Morgan fingerprint density at radius 3 is 2.45 bits per heavy atom. The second-order valence-electron chi connectivity index (χ2n) is 2.08. The molecule has 1 rings (SSSR count). The van der Waals surface area contributed by atoms with Gasteiger partial charge in [0.15, 0.2) is 5.78 Å². The third kappa shape index (κ3) is 1.98. The highest BCUT2D eigenvalue weighted by Gasteiger charge is 1.99. The van der Waals surface area contributed by atoms with Crippen LogP contribution >= 0.6 is 11.6 Å². The minimum Gasteiger partial charge on any atom is -0.294 e. The van der Waals surface area contributed by atoms with Crippen LogP contribution in [0.1, 0.15) is 23.1 Å². The van der Waals surface area contributed by atoms with E-state index < -0.39 is 0 Å². The zero-order valence-electron chi connectivity index (χ0n) is 6.04. The van der Waals surface area contributed by atoms with Gasteiger partial charge in [-0.25, -0.2) is 9.97 Å². The van der Waals surface area contributed by atoms with Gasteiger partial charge in [0.25, 0.3) is 0 Å². The quantitative estimate of drug-likeness (QED) is 0.498. The number of ketones is 1. The molecular weight excluding hydrogens is 164 g/mol. The fourth-order valence-corrected chi connectivity index (χ4v) is 0.744. The molecule has 0 spiro atoms. The van der Waals surface area contributed by atoms with E-state index in [1.165, 1.54) is 19.3 Å². The number of aromatic nitrogens is 2. The van der Waals surface area contributed by atoms with E-state index in [1.807, 2.05) is 0 Å². The van der Waals surface area contributed by atoms with Gasteiger partial charge in [0, 0.05) is 12.4 Å². The van der Waals surface area contributed by atoms with Crippen LogP contribution in [-0.2, 0) is 5.88 Å². The average Bonchev–Trinajstić information content (AvgIpc) is 2.05. The summed E-state index contributed by atoms with van der Waals surface area (Å²) in [5.41, 5.74) is 0.513. The van der Waals surface area contributed by atoms with Crippen LogP contribution in [0.4, 0.5) is 0 Å². The van der Waals surface area contributed by atoms with E-state index in [9.17, 15) is 4.79 Å². The Morgan fingerprint density at radius 2 is 2.09 bits per heavy atom. The second-order valence-corrected chi connectivity index (χ2v) is 2.35. The summed E-state index contributed by atoms with van der Waals surface area (Å²) in [6.07, 6.45) is 2.96. The first-order valence-electron chi connectivity index (χ1n) is 3.12. The number of Topliss-reactive ketones (excluding diaryl/α,β-unsaturated/α-hetero) is 1. The van der Waals surface area contributed by atoms with Crippen molar-refractivity contribution in [1.82, 2.24) is 9.97 Å². The van der Waals surface area contributed by atoms with E-state index in [1.54, 1.807) is 0 Å². The number of hydrogen-bond donors (Lipinski definition) is 0. The van der Waals surface area contributed by atoms with Gasteiger partial charge < -0.3 is 0 Å². The second kappa shape index (κ2) is 3.44.